The lowest BCUT2D eigenvalue weighted by Gasteiger charge is -2.34. The number of benzene rings is 1. The highest BCUT2D eigenvalue weighted by Gasteiger charge is 2.16. The van der Waals surface area contributed by atoms with Gasteiger partial charge in [-0.25, -0.2) is 4.98 Å². The molecule has 0 atom stereocenters. The van der Waals surface area contributed by atoms with Gasteiger partial charge < -0.3 is 14.7 Å². The monoisotopic (exact) mass is 410 g/mol. The van der Waals surface area contributed by atoms with Crippen LogP contribution in [0.25, 0.3) is 11.1 Å². The number of anilines is 1. The largest absolute Gasteiger partial charge is 0.335 e. The first-order valence-electron chi connectivity index (χ1n) is 10.2. The molecule has 30 heavy (non-hydrogen) atoms. The Hall–Kier alpha value is -3.04. The van der Waals surface area contributed by atoms with Crippen molar-refractivity contribution in [3.05, 3.63) is 52.2 Å². The predicted molar refractivity (Wildman–Crippen MR) is 113 cm³/mol. The molecule has 3 aromatic rings. The molecule has 1 saturated heterocycles. The summed E-state index contributed by atoms with van der Waals surface area (Å²) in [6.45, 7) is 10.1. The SMILES string of the molecule is CCN1CCN(Cc2ccc(NC(=O)Cn3cnc4onc(C)c4c3=O)cc2)CC1. The number of carbonyl (C=O) groups excluding carboxylic acids is 1. The third-order valence-corrected chi connectivity index (χ3v) is 5.50. The summed E-state index contributed by atoms with van der Waals surface area (Å²) in [6.07, 6.45) is 1.30. The average Bonchev–Trinajstić information content (AvgIpc) is 3.13. The first-order chi connectivity index (χ1) is 14.5. The number of amides is 1. The highest BCUT2D eigenvalue weighted by molar-refractivity contribution is 5.90. The molecule has 9 nitrogen and oxygen atoms in total. The van der Waals surface area contributed by atoms with Crippen LogP contribution in [0.2, 0.25) is 0 Å². The van der Waals surface area contributed by atoms with E-state index in [2.05, 4.69) is 32.2 Å². The molecule has 3 heterocycles. The van der Waals surface area contributed by atoms with Crippen molar-refractivity contribution >= 4 is 22.7 Å². The number of carbonyl (C=O) groups is 1. The molecule has 1 aromatic carbocycles. The van der Waals surface area contributed by atoms with Crippen LogP contribution in [0.5, 0.6) is 0 Å². The Balaban J connectivity index is 1.34. The number of rotatable bonds is 6. The van der Waals surface area contributed by atoms with Crippen LogP contribution in [-0.4, -0.2) is 63.1 Å². The minimum atomic E-state index is -0.340. The number of likely N-dealkylation sites (N-methyl/N-ethyl adjacent to an activating group) is 1. The van der Waals surface area contributed by atoms with Crippen molar-refractivity contribution in [1.29, 1.82) is 0 Å². The van der Waals surface area contributed by atoms with E-state index in [1.54, 1.807) is 6.92 Å². The van der Waals surface area contributed by atoms with Crippen molar-refractivity contribution in [2.45, 2.75) is 26.9 Å². The fourth-order valence-corrected chi connectivity index (χ4v) is 3.69. The van der Waals surface area contributed by atoms with Gasteiger partial charge in [0, 0.05) is 38.4 Å². The summed E-state index contributed by atoms with van der Waals surface area (Å²) in [7, 11) is 0. The second-order valence-electron chi connectivity index (χ2n) is 7.58. The van der Waals surface area contributed by atoms with Crippen LogP contribution < -0.4 is 10.9 Å². The number of aromatic nitrogens is 3. The summed E-state index contributed by atoms with van der Waals surface area (Å²) in [5, 5.41) is 6.88. The molecule has 0 radical (unpaired) electrons. The van der Waals surface area contributed by atoms with E-state index >= 15 is 0 Å². The molecule has 0 spiro atoms. The number of fused-ring (bicyclic) bond motifs is 1. The van der Waals surface area contributed by atoms with Crippen LogP contribution in [-0.2, 0) is 17.9 Å². The molecular formula is C21H26N6O3. The maximum Gasteiger partial charge on any atom is 0.267 e. The van der Waals surface area contributed by atoms with Gasteiger partial charge in [0.15, 0.2) is 0 Å². The summed E-state index contributed by atoms with van der Waals surface area (Å²) in [4.78, 5) is 33.9. The number of hydrogen-bond acceptors (Lipinski definition) is 7. The first-order valence-corrected chi connectivity index (χ1v) is 10.2. The van der Waals surface area contributed by atoms with E-state index < -0.39 is 0 Å². The third kappa shape index (κ3) is 4.42. The normalized spacial score (nSPS) is 15.5. The van der Waals surface area contributed by atoms with Crippen molar-refractivity contribution in [2.75, 3.05) is 38.0 Å². The summed E-state index contributed by atoms with van der Waals surface area (Å²) < 4.78 is 6.24. The highest BCUT2D eigenvalue weighted by Crippen LogP contribution is 2.14. The smallest absolute Gasteiger partial charge is 0.267 e. The number of piperazine rings is 1. The second kappa shape index (κ2) is 8.76. The number of nitrogens with zero attached hydrogens (tertiary/aromatic N) is 5. The molecule has 0 bridgehead atoms. The molecule has 0 unspecified atom stereocenters. The lowest BCUT2D eigenvalue weighted by atomic mass is 10.1. The predicted octanol–water partition coefficient (Wildman–Crippen LogP) is 1.47. The summed E-state index contributed by atoms with van der Waals surface area (Å²) in [5.74, 6) is -0.296. The van der Waals surface area contributed by atoms with E-state index in [1.807, 2.05) is 24.3 Å². The van der Waals surface area contributed by atoms with Gasteiger partial charge >= 0.3 is 0 Å². The third-order valence-electron chi connectivity index (χ3n) is 5.50. The van der Waals surface area contributed by atoms with Crippen LogP contribution >= 0.6 is 0 Å². The lowest BCUT2D eigenvalue weighted by molar-refractivity contribution is -0.116. The van der Waals surface area contributed by atoms with E-state index in [9.17, 15) is 9.59 Å². The van der Waals surface area contributed by atoms with E-state index in [0.717, 1.165) is 39.3 Å². The Labute approximate surface area is 174 Å². The van der Waals surface area contributed by atoms with Gasteiger partial charge in [0.05, 0.1) is 5.69 Å². The molecule has 0 saturated carbocycles. The number of aryl methyl sites for hydroxylation is 1. The zero-order valence-corrected chi connectivity index (χ0v) is 17.3. The first kappa shape index (κ1) is 20.2. The minimum absolute atomic E-state index is 0.129. The Morgan fingerprint density at radius 1 is 1.13 bits per heavy atom. The molecule has 1 fully saturated rings. The zero-order chi connectivity index (χ0) is 21.1. The van der Waals surface area contributed by atoms with Gasteiger partial charge in [0.1, 0.15) is 18.3 Å². The fraction of sp³-hybridized carbons (Fsp3) is 0.429. The molecule has 0 aliphatic carbocycles. The fourth-order valence-electron chi connectivity index (χ4n) is 3.69. The van der Waals surface area contributed by atoms with Gasteiger partial charge in [0.25, 0.3) is 11.3 Å². The van der Waals surface area contributed by atoms with Gasteiger partial charge in [-0.3, -0.25) is 19.1 Å². The maximum atomic E-state index is 12.5. The Morgan fingerprint density at radius 3 is 2.53 bits per heavy atom. The molecule has 9 heteroatoms. The topological polar surface area (TPSA) is 96.5 Å². The zero-order valence-electron chi connectivity index (χ0n) is 17.3. The summed E-state index contributed by atoms with van der Waals surface area (Å²) in [6, 6.07) is 7.85. The molecule has 1 aliphatic heterocycles. The quantitative estimate of drug-likeness (QED) is 0.657. The number of nitrogens with one attached hydrogen (secondary N) is 1. The molecule has 158 valence electrons. The van der Waals surface area contributed by atoms with Crippen molar-refractivity contribution in [3.8, 4) is 0 Å². The van der Waals surface area contributed by atoms with E-state index in [4.69, 9.17) is 4.52 Å². The molecule has 1 aliphatic rings. The average molecular weight is 410 g/mol. The van der Waals surface area contributed by atoms with Crippen molar-refractivity contribution in [2.24, 2.45) is 0 Å². The highest BCUT2D eigenvalue weighted by atomic mass is 16.5. The minimum Gasteiger partial charge on any atom is -0.335 e. The van der Waals surface area contributed by atoms with Crippen LogP contribution in [0.15, 0.2) is 39.9 Å². The number of hydrogen-bond donors (Lipinski definition) is 1. The molecule has 1 amide bonds. The van der Waals surface area contributed by atoms with Gasteiger partial charge in [-0.15, -0.1) is 0 Å². The van der Waals surface area contributed by atoms with E-state index in [1.165, 1.54) is 16.5 Å². The van der Waals surface area contributed by atoms with Gasteiger partial charge in [-0.1, -0.05) is 24.2 Å². The molecule has 4 rings (SSSR count). The summed E-state index contributed by atoms with van der Waals surface area (Å²) >= 11 is 0. The van der Waals surface area contributed by atoms with Crippen LogP contribution in [0.3, 0.4) is 0 Å². The summed E-state index contributed by atoms with van der Waals surface area (Å²) in [5.41, 5.74) is 2.21. The van der Waals surface area contributed by atoms with Gasteiger partial charge in [0.2, 0.25) is 5.91 Å². The van der Waals surface area contributed by atoms with Crippen LogP contribution in [0.1, 0.15) is 18.2 Å². The van der Waals surface area contributed by atoms with Gasteiger partial charge in [-0.05, 0) is 31.2 Å². The standard InChI is InChI=1S/C21H26N6O3/c1-3-25-8-10-26(11-9-25)12-16-4-6-17(7-5-16)23-18(28)13-27-14-22-20-19(21(27)29)15(2)24-30-20/h4-7,14H,3,8-13H2,1-2H3,(H,23,28). The van der Waals surface area contributed by atoms with Crippen LogP contribution in [0, 0.1) is 6.92 Å². The molecule has 2 aromatic heterocycles. The Bertz CT molecular complexity index is 1080. The maximum absolute atomic E-state index is 12.5. The molecular weight excluding hydrogens is 384 g/mol. The lowest BCUT2D eigenvalue weighted by Crippen LogP contribution is -2.45. The Kier molecular flexibility index (Phi) is 5.91. The van der Waals surface area contributed by atoms with Crippen molar-refractivity contribution < 1.29 is 9.32 Å². The molecule has 1 N–H and O–H groups in total. The van der Waals surface area contributed by atoms with Crippen molar-refractivity contribution in [3.63, 3.8) is 0 Å². The van der Waals surface area contributed by atoms with E-state index in [-0.39, 0.29) is 23.7 Å². The van der Waals surface area contributed by atoms with E-state index in [0.29, 0.717) is 16.8 Å². The van der Waals surface area contributed by atoms with Gasteiger partial charge in [-0.2, -0.15) is 0 Å². The second-order valence-corrected chi connectivity index (χ2v) is 7.58. The van der Waals surface area contributed by atoms with Crippen molar-refractivity contribution in [1.82, 2.24) is 24.5 Å². The van der Waals surface area contributed by atoms with Crippen LogP contribution in [0.4, 0.5) is 5.69 Å². The Morgan fingerprint density at radius 2 is 1.83 bits per heavy atom.